The highest BCUT2D eigenvalue weighted by atomic mass is 32.2. The zero-order chi connectivity index (χ0) is 14.3. The molecule has 1 atom stereocenters. The van der Waals surface area contributed by atoms with Crippen LogP contribution in [0.25, 0.3) is 0 Å². The maximum absolute atomic E-state index is 11.3. The summed E-state index contributed by atoms with van der Waals surface area (Å²) in [6.07, 6.45) is 10.5. The second kappa shape index (κ2) is 5.60. The fourth-order valence-electron chi connectivity index (χ4n) is 5.72. The molecule has 3 nitrogen and oxygen atoms in total. The van der Waals surface area contributed by atoms with Crippen LogP contribution in [-0.2, 0) is 9.84 Å². The van der Waals surface area contributed by atoms with Crippen molar-refractivity contribution in [3.05, 3.63) is 0 Å². The van der Waals surface area contributed by atoms with Gasteiger partial charge in [-0.25, -0.2) is 8.42 Å². The fraction of sp³-hybridized carbons (Fsp3) is 1.00. The molecule has 1 N–H and O–H groups in total. The van der Waals surface area contributed by atoms with E-state index in [-0.39, 0.29) is 0 Å². The summed E-state index contributed by atoms with van der Waals surface area (Å²) in [5.74, 6) is 5.03. The summed E-state index contributed by atoms with van der Waals surface area (Å²) in [5.41, 5.74) is 0. The van der Waals surface area contributed by atoms with Crippen molar-refractivity contribution in [1.82, 2.24) is 5.32 Å². The zero-order valence-corrected chi connectivity index (χ0v) is 13.7. The van der Waals surface area contributed by atoms with E-state index in [1.807, 2.05) is 0 Å². The van der Waals surface area contributed by atoms with Gasteiger partial charge in [0.05, 0.1) is 0 Å². The van der Waals surface area contributed by atoms with Gasteiger partial charge in [-0.2, -0.15) is 0 Å². The van der Waals surface area contributed by atoms with Crippen LogP contribution >= 0.6 is 0 Å². The SMILES string of the molecule is CNC(CCCS(C)(=O)=O)C1C2CC3CC(C2)CC1C3. The fourth-order valence-corrected chi connectivity index (χ4v) is 6.41. The maximum atomic E-state index is 11.3. The van der Waals surface area contributed by atoms with Crippen LogP contribution in [0.4, 0.5) is 0 Å². The maximum Gasteiger partial charge on any atom is 0.147 e. The Labute approximate surface area is 123 Å². The van der Waals surface area contributed by atoms with Crippen molar-refractivity contribution in [3.8, 4) is 0 Å². The van der Waals surface area contributed by atoms with E-state index in [0.717, 1.165) is 42.4 Å². The molecule has 0 radical (unpaired) electrons. The molecular weight excluding hydrogens is 270 g/mol. The molecule has 1 unspecified atom stereocenters. The van der Waals surface area contributed by atoms with E-state index >= 15 is 0 Å². The summed E-state index contributed by atoms with van der Waals surface area (Å²) in [7, 11) is -0.741. The largest absolute Gasteiger partial charge is 0.317 e. The van der Waals surface area contributed by atoms with E-state index < -0.39 is 9.84 Å². The third-order valence-corrected chi connectivity index (χ3v) is 7.20. The van der Waals surface area contributed by atoms with Gasteiger partial charge in [-0.15, -0.1) is 0 Å². The highest BCUT2D eigenvalue weighted by Crippen LogP contribution is 2.57. The molecule has 4 aliphatic rings. The molecular formula is C16H29NO2S. The molecule has 4 aliphatic carbocycles. The molecule has 0 amide bonds. The number of rotatable bonds is 6. The molecule has 0 spiro atoms. The number of nitrogens with one attached hydrogen (secondary N) is 1. The van der Waals surface area contributed by atoms with Crippen LogP contribution in [0.3, 0.4) is 0 Å². The molecule has 116 valence electrons. The first-order chi connectivity index (χ1) is 9.46. The van der Waals surface area contributed by atoms with E-state index in [0.29, 0.717) is 11.8 Å². The van der Waals surface area contributed by atoms with E-state index in [1.54, 1.807) is 0 Å². The summed E-state index contributed by atoms with van der Waals surface area (Å²) in [5, 5.41) is 3.52. The highest BCUT2D eigenvalue weighted by Gasteiger charge is 2.49. The first-order valence-corrected chi connectivity index (χ1v) is 10.4. The van der Waals surface area contributed by atoms with Gasteiger partial charge in [0, 0.05) is 18.1 Å². The first-order valence-electron chi connectivity index (χ1n) is 8.31. The molecule has 0 saturated heterocycles. The van der Waals surface area contributed by atoms with Crippen LogP contribution in [0.2, 0.25) is 0 Å². The third-order valence-electron chi connectivity index (χ3n) is 6.17. The topological polar surface area (TPSA) is 46.2 Å². The van der Waals surface area contributed by atoms with Gasteiger partial charge in [0.15, 0.2) is 0 Å². The minimum absolute atomic E-state index is 0.346. The van der Waals surface area contributed by atoms with Crippen LogP contribution in [0, 0.1) is 29.6 Å². The molecule has 0 heterocycles. The molecule has 0 aliphatic heterocycles. The molecule has 0 aromatic rings. The predicted octanol–water partition coefficient (Wildman–Crippen LogP) is 2.47. The summed E-state index contributed by atoms with van der Waals surface area (Å²) in [6.45, 7) is 0. The van der Waals surface area contributed by atoms with E-state index in [4.69, 9.17) is 0 Å². The van der Waals surface area contributed by atoms with Crippen molar-refractivity contribution in [2.75, 3.05) is 19.1 Å². The van der Waals surface area contributed by atoms with Crippen molar-refractivity contribution < 1.29 is 8.42 Å². The second-order valence-corrected chi connectivity index (χ2v) is 9.94. The Hall–Kier alpha value is -0.0900. The van der Waals surface area contributed by atoms with Crippen molar-refractivity contribution in [3.63, 3.8) is 0 Å². The Balaban J connectivity index is 1.61. The van der Waals surface area contributed by atoms with Gasteiger partial charge in [-0.3, -0.25) is 0 Å². The summed E-state index contributed by atoms with van der Waals surface area (Å²) >= 11 is 0. The van der Waals surface area contributed by atoms with Gasteiger partial charge in [-0.05, 0) is 81.6 Å². The Morgan fingerprint density at radius 3 is 2.05 bits per heavy atom. The third kappa shape index (κ3) is 3.06. The molecule has 20 heavy (non-hydrogen) atoms. The number of hydrogen-bond acceptors (Lipinski definition) is 3. The van der Waals surface area contributed by atoms with Gasteiger partial charge in [0.2, 0.25) is 0 Å². The van der Waals surface area contributed by atoms with Crippen LogP contribution in [0.1, 0.15) is 44.9 Å². The first kappa shape index (κ1) is 14.8. The number of hydrogen-bond donors (Lipinski definition) is 1. The molecule has 0 aromatic carbocycles. The molecule has 4 rings (SSSR count). The quantitative estimate of drug-likeness (QED) is 0.819. The average molecular weight is 299 g/mol. The molecule has 0 aromatic heterocycles. The van der Waals surface area contributed by atoms with Gasteiger partial charge in [0.1, 0.15) is 9.84 Å². The van der Waals surface area contributed by atoms with Crippen LogP contribution < -0.4 is 5.32 Å². The smallest absolute Gasteiger partial charge is 0.147 e. The summed E-state index contributed by atoms with van der Waals surface area (Å²) < 4.78 is 22.6. The standard InChI is InChI=1S/C16H29NO2S/c1-17-15(4-3-5-20(2,18)19)16-13-7-11-6-12(9-13)10-14(16)8-11/h11-17H,3-10H2,1-2H3. The van der Waals surface area contributed by atoms with Crippen molar-refractivity contribution in [2.45, 2.75) is 51.0 Å². The Bertz CT molecular complexity index is 417. The van der Waals surface area contributed by atoms with Crippen molar-refractivity contribution >= 4 is 9.84 Å². The lowest BCUT2D eigenvalue weighted by Crippen LogP contribution is -2.52. The average Bonchev–Trinajstić information content (AvgIpc) is 2.34. The van der Waals surface area contributed by atoms with Crippen LogP contribution in [0.5, 0.6) is 0 Å². The van der Waals surface area contributed by atoms with Crippen LogP contribution in [0.15, 0.2) is 0 Å². The van der Waals surface area contributed by atoms with E-state index in [1.165, 1.54) is 38.4 Å². The van der Waals surface area contributed by atoms with E-state index in [9.17, 15) is 8.42 Å². The lowest BCUT2D eigenvalue weighted by atomic mass is 9.50. The molecule has 4 fully saturated rings. The monoisotopic (exact) mass is 299 g/mol. The summed E-state index contributed by atoms with van der Waals surface area (Å²) in [4.78, 5) is 0. The van der Waals surface area contributed by atoms with Gasteiger partial charge in [-0.1, -0.05) is 0 Å². The lowest BCUT2D eigenvalue weighted by Gasteiger charge is -2.56. The Morgan fingerprint density at radius 2 is 1.60 bits per heavy atom. The second-order valence-electron chi connectivity index (χ2n) is 7.68. The lowest BCUT2D eigenvalue weighted by molar-refractivity contribution is -0.0519. The highest BCUT2D eigenvalue weighted by molar-refractivity contribution is 7.90. The summed E-state index contributed by atoms with van der Waals surface area (Å²) in [6, 6.07) is 0.534. The van der Waals surface area contributed by atoms with E-state index in [2.05, 4.69) is 12.4 Å². The number of sulfone groups is 1. The Morgan fingerprint density at radius 1 is 1.05 bits per heavy atom. The minimum atomic E-state index is -2.81. The van der Waals surface area contributed by atoms with Gasteiger partial charge >= 0.3 is 0 Å². The normalized spacial score (nSPS) is 41.0. The van der Waals surface area contributed by atoms with Crippen LogP contribution in [-0.4, -0.2) is 33.5 Å². The van der Waals surface area contributed by atoms with Crippen molar-refractivity contribution in [2.24, 2.45) is 29.6 Å². The minimum Gasteiger partial charge on any atom is -0.317 e. The van der Waals surface area contributed by atoms with Gasteiger partial charge in [0.25, 0.3) is 0 Å². The molecule has 4 bridgehead atoms. The zero-order valence-electron chi connectivity index (χ0n) is 12.8. The predicted molar refractivity (Wildman–Crippen MR) is 82.3 cm³/mol. The van der Waals surface area contributed by atoms with Crippen molar-refractivity contribution in [1.29, 1.82) is 0 Å². The molecule has 4 saturated carbocycles. The molecule has 4 heteroatoms. The van der Waals surface area contributed by atoms with Gasteiger partial charge < -0.3 is 5.32 Å². The Kier molecular flexibility index (Phi) is 4.15.